The van der Waals surface area contributed by atoms with Crippen molar-refractivity contribution in [3.63, 3.8) is 0 Å². The van der Waals surface area contributed by atoms with Gasteiger partial charge in [-0.15, -0.1) is 24.0 Å². The van der Waals surface area contributed by atoms with Crippen molar-refractivity contribution in [2.24, 2.45) is 4.99 Å². The number of hydrogen-bond acceptors (Lipinski definition) is 4. The van der Waals surface area contributed by atoms with Crippen LogP contribution in [0.3, 0.4) is 0 Å². The maximum Gasteiger partial charge on any atom is 0.191 e. The Labute approximate surface area is 213 Å². The molecule has 8 heteroatoms. The number of halogens is 1. The van der Waals surface area contributed by atoms with E-state index >= 15 is 0 Å². The molecule has 3 aromatic rings. The van der Waals surface area contributed by atoms with Gasteiger partial charge >= 0.3 is 0 Å². The van der Waals surface area contributed by atoms with Crippen molar-refractivity contribution >= 4 is 29.9 Å². The molecule has 0 spiro atoms. The minimum absolute atomic E-state index is 0. The summed E-state index contributed by atoms with van der Waals surface area (Å²) in [5.41, 5.74) is 3.46. The summed E-state index contributed by atoms with van der Waals surface area (Å²) in [6.07, 6.45) is 8.39. The number of nitrogens with one attached hydrogen (secondary N) is 2. The summed E-state index contributed by atoms with van der Waals surface area (Å²) < 4.78 is 7.68. The predicted octanol–water partition coefficient (Wildman–Crippen LogP) is 4.33. The average Bonchev–Trinajstić information content (AvgIpc) is 3.59. The number of hydrogen-bond donors (Lipinski definition) is 2. The number of guanidine groups is 1. The molecular weight excluding hydrogens is 527 g/mol. The van der Waals surface area contributed by atoms with Gasteiger partial charge in [-0.1, -0.05) is 18.2 Å². The van der Waals surface area contributed by atoms with E-state index < -0.39 is 0 Å². The summed E-state index contributed by atoms with van der Waals surface area (Å²) in [4.78, 5) is 6.90. The molecule has 1 aliphatic rings. The fraction of sp³-hybridized carbons (Fsp3) is 0.440. The highest BCUT2D eigenvalue weighted by atomic mass is 127. The van der Waals surface area contributed by atoms with Crippen LogP contribution in [0, 0.1) is 6.92 Å². The largest absolute Gasteiger partial charge is 0.468 e. The molecule has 1 aliphatic heterocycles. The summed E-state index contributed by atoms with van der Waals surface area (Å²) in [7, 11) is 1.82. The lowest BCUT2D eigenvalue weighted by Crippen LogP contribution is -2.42. The third-order valence-corrected chi connectivity index (χ3v) is 6.08. The van der Waals surface area contributed by atoms with Crippen molar-refractivity contribution in [1.82, 2.24) is 25.3 Å². The summed E-state index contributed by atoms with van der Waals surface area (Å²) in [5.74, 6) is 1.85. The molecule has 3 heterocycles. The SMILES string of the molecule is CN=C(NCCCc1cn(-c2ccccc2)nc1C)NCC(c1ccco1)N1CCCC1.I. The lowest BCUT2D eigenvalue weighted by molar-refractivity contribution is 0.215. The second-order valence-electron chi connectivity index (χ2n) is 8.28. The highest BCUT2D eigenvalue weighted by Gasteiger charge is 2.25. The van der Waals surface area contributed by atoms with Gasteiger partial charge in [0.25, 0.3) is 0 Å². The number of furan rings is 1. The van der Waals surface area contributed by atoms with Gasteiger partial charge < -0.3 is 15.1 Å². The van der Waals surface area contributed by atoms with Gasteiger partial charge in [0.15, 0.2) is 5.96 Å². The summed E-state index contributed by atoms with van der Waals surface area (Å²) in [6.45, 7) is 5.95. The molecule has 1 atom stereocenters. The second kappa shape index (κ2) is 12.8. The van der Waals surface area contributed by atoms with Gasteiger partial charge in [-0.05, 0) is 75.5 Å². The maximum atomic E-state index is 5.72. The smallest absolute Gasteiger partial charge is 0.191 e. The van der Waals surface area contributed by atoms with Crippen molar-refractivity contribution in [1.29, 1.82) is 0 Å². The number of benzene rings is 1. The molecule has 4 rings (SSSR count). The maximum absolute atomic E-state index is 5.72. The van der Waals surface area contributed by atoms with E-state index in [1.54, 1.807) is 6.26 Å². The first-order valence-electron chi connectivity index (χ1n) is 11.6. The number of rotatable bonds is 9. The van der Waals surface area contributed by atoms with E-state index in [1.165, 1.54) is 18.4 Å². The molecule has 33 heavy (non-hydrogen) atoms. The van der Waals surface area contributed by atoms with Gasteiger partial charge in [0.1, 0.15) is 5.76 Å². The topological polar surface area (TPSA) is 70.6 Å². The summed E-state index contributed by atoms with van der Waals surface area (Å²) in [5, 5.41) is 11.6. The van der Waals surface area contributed by atoms with E-state index in [0.29, 0.717) is 0 Å². The van der Waals surface area contributed by atoms with Gasteiger partial charge in [0.2, 0.25) is 0 Å². The molecular formula is C25H35IN6O. The van der Waals surface area contributed by atoms with Crippen LogP contribution in [0.5, 0.6) is 0 Å². The van der Waals surface area contributed by atoms with Crippen LogP contribution < -0.4 is 10.6 Å². The zero-order valence-corrected chi connectivity index (χ0v) is 21.9. The molecule has 1 aromatic carbocycles. The Bertz CT molecular complexity index is 980. The minimum Gasteiger partial charge on any atom is -0.468 e. The molecule has 7 nitrogen and oxygen atoms in total. The molecule has 0 bridgehead atoms. The first-order valence-corrected chi connectivity index (χ1v) is 11.6. The number of para-hydroxylation sites is 1. The number of aryl methyl sites for hydroxylation is 2. The Morgan fingerprint density at radius 1 is 1.12 bits per heavy atom. The zero-order valence-electron chi connectivity index (χ0n) is 19.5. The van der Waals surface area contributed by atoms with E-state index in [4.69, 9.17) is 4.42 Å². The third-order valence-electron chi connectivity index (χ3n) is 6.08. The van der Waals surface area contributed by atoms with Gasteiger partial charge in [-0.3, -0.25) is 9.89 Å². The highest BCUT2D eigenvalue weighted by molar-refractivity contribution is 14.0. The monoisotopic (exact) mass is 562 g/mol. The zero-order chi connectivity index (χ0) is 22.2. The van der Waals surface area contributed by atoms with Crippen LogP contribution in [-0.2, 0) is 6.42 Å². The predicted molar refractivity (Wildman–Crippen MR) is 144 cm³/mol. The van der Waals surface area contributed by atoms with Crippen molar-refractivity contribution in [3.8, 4) is 5.69 Å². The Morgan fingerprint density at radius 2 is 1.91 bits per heavy atom. The first kappa shape index (κ1) is 25.3. The van der Waals surface area contributed by atoms with Crippen LogP contribution in [0.1, 0.15) is 42.3 Å². The molecule has 178 valence electrons. The molecule has 1 fully saturated rings. The van der Waals surface area contributed by atoms with E-state index in [1.807, 2.05) is 36.0 Å². The fourth-order valence-electron chi connectivity index (χ4n) is 4.30. The molecule has 0 aliphatic carbocycles. The van der Waals surface area contributed by atoms with Crippen LogP contribution in [0.25, 0.3) is 5.69 Å². The van der Waals surface area contributed by atoms with Gasteiger partial charge in [-0.25, -0.2) is 4.68 Å². The second-order valence-corrected chi connectivity index (χ2v) is 8.28. The molecule has 0 amide bonds. The van der Waals surface area contributed by atoms with E-state index in [-0.39, 0.29) is 30.0 Å². The standard InChI is InChI=1S/C25H34N6O.HI/c1-20-21(19-31(29-20)22-11-4-3-5-12-22)10-8-14-27-25(26-2)28-18-23(24-13-9-17-32-24)30-15-6-7-16-30;/h3-5,9,11-13,17,19,23H,6-8,10,14-16,18H2,1-2H3,(H2,26,27,28);1H. The Morgan fingerprint density at radius 3 is 2.61 bits per heavy atom. The van der Waals surface area contributed by atoms with Gasteiger partial charge in [-0.2, -0.15) is 5.10 Å². The molecule has 1 unspecified atom stereocenters. The van der Waals surface area contributed by atoms with Crippen LogP contribution in [0.4, 0.5) is 0 Å². The Balaban J connectivity index is 0.00000306. The number of aliphatic imine (C=N–C) groups is 1. The van der Waals surface area contributed by atoms with Crippen molar-refractivity contribution < 1.29 is 4.42 Å². The quantitative estimate of drug-likeness (QED) is 0.176. The lowest BCUT2D eigenvalue weighted by Gasteiger charge is -2.26. The first-order chi connectivity index (χ1) is 15.7. The van der Waals surface area contributed by atoms with Gasteiger partial charge in [0, 0.05) is 26.3 Å². The van der Waals surface area contributed by atoms with E-state index in [0.717, 1.165) is 62.1 Å². The van der Waals surface area contributed by atoms with Crippen LogP contribution >= 0.6 is 24.0 Å². The molecule has 2 aromatic heterocycles. The number of likely N-dealkylation sites (tertiary alicyclic amines) is 1. The van der Waals surface area contributed by atoms with Crippen LogP contribution in [0.15, 0.2) is 64.3 Å². The van der Waals surface area contributed by atoms with Crippen molar-refractivity contribution in [2.75, 3.05) is 33.2 Å². The van der Waals surface area contributed by atoms with Crippen molar-refractivity contribution in [3.05, 3.63) is 71.9 Å². The molecule has 0 saturated carbocycles. The normalized spacial score (nSPS) is 15.3. The summed E-state index contributed by atoms with van der Waals surface area (Å²) >= 11 is 0. The average molecular weight is 563 g/mol. The highest BCUT2D eigenvalue weighted by Crippen LogP contribution is 2.24. The van der Waals surface area contributed by atoms with Gasteiger partial charge in [0.05, 0.1) is 23.7 Å². The molecule has 1 saturated heterocycles. The van der Waals surface area contributed by atoms with Crippen LogP contribution in [-0.4, -0.2) is 53.9 Å². The molecule has 0 radical (unpaired) electrons. The number of aromatic nitrogens is 2. The van der Waals surface area contributed by atoms with Crippen LogP contribution in [0.2, 0.25) is 0 Å². The molecule has 2 N–H and O–H groups in total. The minimum atomic E-state index is 0. The number of nitrogens with zero attached hydrogens (tertiary/aromatic N) is 4. The van der Waals surface area contributed by atoms with E-state index in [9.17, 15) is 0 Å². The Kier molecular flexibility index (Phi) is 9.80. The third kappa shape index (κ3) is 6.83. The lowest BCUT2D eigenvalue weighted by atomic mass is 10.1. The Hall–Kier alpha value is -2.33. The van der Waals surface area contributed by atoms with Crippen molar-refractivity contribution in [2.45, 2.75) is 38.6 Å². The van der Waals surface area contributed by atoms with E-state index in [2.05, 4.69) is 56.9 Å². The fourth-order valence-corrected chi connectivity index (χ4v) is 4.30. The summed E-state index contributed by atoms with van der Waals surface area (Å²) in [6, 6.07) is 14.5.